The molecule has 0 atom stereocenters. The second kappa shape index (κ2) is 10.2. The van der Waals surface area contributed by atoms with E-state index >= 15 is 0 Å². The average molecular weight is 555 g/mol. The number of carbonyl (C=O) groups is 3. The van der Waals surface area contributed by atoms with Gasteiger partial charge in [-0.3, -0.25) is 4.90 Å². The Hall–Kier alpha value is -4.55. The van der Waals surface area contributed by atoms with E-state index in [0.717, 1.165) is 10.8 Å². The fourth-order valence-electron chi connectivity index (χ4n) is 3.84. The van der Waals surface area contributed by atoms with Crippen molar-refractivity contribution >= 4 is 40.7 Å². The average Bonchev–Trinajstić information content (AvgIpc) is 3.42. The quantitative estimate of drug-likeness (QED) is 0.246. The molecule has 4 rings (SSSR count). The van der Waals surface area contributed by atoms with Gasteiger partial charge in [0, 0.05) is 30.3 Å². The lowest BCUT2D eigenvalue weighted by Crippen LogP contribution is -2.35. The van der Waals surface area contributed by atoms with Crippen LogP contribution in [-0.2, 0) is 14.2 Å². The predicted octanol–water partition coefficient (Wildman–Crippen LogP) is 5.22. The maximum atomic E-state index is 14.4. The molecular weight excluding hydrogens is 523 g/mol. The Labute approximate surface area is 229 Å². The lowest BCUT2D eigenvalue weighted by atomic mass is 10.1. The SMILES string of the molecule is CCOC(=O)c1cnn2c(N(C)C(=O)OC(C)(C)C)cc(-c3cn(C(=O)OC(C)(C)C)c4ncc(F)cc34)nc12. The topological polar surface area (TPSA) is 130 Å². The molecule has 0 fully saturated rings. The van der Waals surface area contributed by atoms with Crippen LogP contribution in [0.1, 0.15) is 58.8 Å². The number of pyridine rings is 1. The molecule has 4 heterocycles. The molecule has 4 aromatic heterocycles. The van der Waals surface area contributed by atoms with Crippen molar-refractivity contribution in [1.82, 2.24) is 24.1 Å². The largest absolute Gasteiger partial charge is 0.462 e. The molecule has 40 heavy (non-hydrogen) atoms. The van der Waals surface area contributed by atoms with Gasteiger partial charge in [-0.05, 0) is 54.5 Å². The fraction of sp³-hybridized carbons (Fsp3) is 0.407. The van der Waals surface area contributed by atoms with Gasteiger partial charge >= 0.3 is 18.2 Å². The number of aromatic nitrogens is 5. The van der Waals surface area contributed by atoms with Crippen LogP contribution in [0.2, 0.25) is 0 Å². The Bertz CT molecular complexity index is 1630. The van der Waals surface area contributed by atoms with Gasteiger partial charge in [-0.15, -0.1) is 0 Å². The number of hydrogen-bond acceptors (Lipinski definition) is 9. The highest BCUT2D eigenvalue weighted by molar-refractivity contribution is 6.00. The van der Waals surface area contributed by atoms with Crippen LogP contribution in [0.4, 0.5) is 19.8 Å². The molecule has 0 aliphatic rings. The zero-order chi connectivity index (χ0) is 29.6. The normalized spacial score (nSPS) is 12.0. The van der Waals surface area contributed by atoms with Crippen LogP contribution in [0.15, 0.2) is 30.7 Å². The van der Waals surface area contributed by atoms with Gasteiger partial charge in [0.15, 0.2) is 5.65 Å². The molecule has 0 aromatic carbocycles. The van der Waals surface area contributed by atoms with Crippen molar-refractivity contribution in [3.05, 3.63) is 42.1 Å². The van der Waals surface area contributed by atoms with E-state index in [1.54, 1.807) is 48.5 Å². The van der Waals surface area contributed by atoms with Crippen molar-refractivity contribution in [2.45, 2.75) is 59.7 Å². The first kappa shape index (κ1) is 28.5. The minimum absolute atomic E-state index is 0.0442. The smallest absolute Gasteiger partial charge is 0.420 e. The molecule has 0 aliphatic heterocycles. The molecule has 0 saturated carbocycles. The van der Waals surface area contributed by atoms with Gasteiger partial charge in [-0.2, -0.15) is 9.61 Å². The standard InChI is InChI=1S/C27H31FN6O6/c1-9-38-23(35)17-13-30-34-20(32(8)24(36)39-26(2,3)4)11-19(31-22(17)34)18-14-33(25(37)40-27(5,6)7)21-16(18)10-15(28)12-29-21/h10-14H,9H2,1-8H3. The van der Waals surface area contributed by atoms with Gasteiger partial charge in [0.05, 0.1) is 24.7 Å². The third-order valence-electron chi connectivity index (χ3n) is 5.44. The van der Waals surface area contributed by atoms with Gasteiger partial charge in [-0.25, -0.2) is 33.3 Å². The molecule has 4 aromatic rings. The first-order valence-electron chi connectivity index (χ1n) is 12.5. The van der Waals surface area contributed by atoms with E-state index in [2.05, 4.69) is 15.1 Å². The molecule has 0 saturated heterocycles. The second-order valence-electron chi connectivity index (χ2n) is 11.0. The minimum atomic E-state index is -0.805. The fourth-order valence-corrected chi connectivity index (χ4v) is 3.84. The van der Waals surface area contributed by atoms with Crippen molar-refractivity contribution in [1.29, 1.82) is 0 Å². The number of anilines is 1. The Morgan fingerprint density at radius 3 is 2.30 bits per heavy atom. The summed E-state index contributed by atoms with van der Waals surface area (Å²) < 4.78 is 33.0. The van der Waals surface area contributed by atoms with Crippen molar-refractivity contribution in [2.75, 3.05) is 18.6 Å². The van der Waals surface area contributed by atoms with Crippen molar-refractivity contribution in [2.24, 2.45) is 0 Å². The Morgan fingerprint density at radius 1 is 1.00 bits per heavy atom. The van der Waals surface area contributed by atoms with E-state index in [-0.39, 0.29) is 40.4 Å². The summed E-state index contributed by atoms with van der Waals surface area (Å²) in [5, 5.41) is 4.51. The van der Waals surface area contributed by atoms with Crippen LogP contribution in [-0.4, -0.2) is 67.2 Å². The summed E-state index contributed by atoms with van der Waals surface area (Å²) in [5.41, 5.74) is -0.848. The molecule has 0 bridgehead atoms. The number of hydrogen-bond donors (Lipinski definition) is 0. The lowest BCUT2D eigenvalue weighted by molar-refractivity contribution is 0.0523. The summed E-state index contributed by atoms with van der Waals surface area (Å²) in [6.45, 7) is 12.1. The summed E-state index contributed by atoms with van der Waals surface area (Å²) in [5.74, 6) is -1.12. The molecule has 0 radical (unpaired) electrons. The molecule has 12 nitrogen and oxygen atoms in total. The number of halogens is 1. The van der Waals surface area contributed by atoms with E-state index < -0.39 is 35.2 Å². The van der Waals surface area contributed by atoms with Gasteiger partial charge in [0.2, 0.25) is 0 Å². The third-order valence-corrected chi connectivity index (χ3v) is 5.44. The highest BCUT2D eigenvalue weighted by atomic mass is 19.1. The molecule has 0 N–H and O–H groups in total. The molecule has 0 aliphatic carbocycles. The van der Waals surface area contributed by atoms with Crippen molar-refractivity contribution < 1.29 is 33.0 Å². The zero-order valence-electron chi connectivity index (χ0n) is 23.6. The first-order chi connectivity index (χ1) is 18.6. The van der Waals surface area contributed by atoms with Crippen LogP contribution in [0, 0.1) is 5.82 Å². The monoisotopic (exact) mass is 554 g/mol. The molecule has 0 spiro atoms. The third kappa shape index (κ3) is 5.72. The molecular formula is C27H31FN6O6. The summed E-state index contributed by atoms with van der Waals surface area (Å²) in [7, 11) is 1.48. The number of amides is 1. The van der Waals surface area contributed by atoms with E-state index in [0.29, 0.717) is 5.56 Å². The summed E-state index contributed by atoms with van der Waals surface area (Å²) in [6.07, 6.45) is 2.26. The number of carbonyl (C=O) groups excluding carboxylic acids is 3. The Morgan fingerprint density at radius 2 is 1.68 bits per heavy atom. The van der Waals surface area contributed by atoms with E-state index in [4.69, 9.17) is 14.2 Å². The van der Waals surface area contributed by atoms with Crippen molar-refractivity contribution in [3.63, 3.8) is 0 Å². The lowest BCUT2D eigenvalue weighted by Gasteiger charge is -2.25. The van der Waals surface area contributed by atoms with Crippen molar-refractivity contribution in [3.8, 4) is 11.3 Å². The maximum Gasteiger partial charge on any atom is 0.420 e. The predicted molar refractivity (Wildman–Crippen MR) is 144 cm³/mol. The van der Waals surface area contributed by atoms with E-state index in [1.165, 1.54) is 41.0 Å². The maximum absolute atomic E-state index is 14.4. The van der Waals surface area contributed by atoms with Crippen LogP contribution in [0.5, 0.6) is 0 Å². The number of esters is 1. The van der Waals surface area contributed by atoms with Gasteiger partial charge in [-0.1, -0.05) is 0 Å². The summed E-state index contributed by atoms with van der Waals surface area (Å²) in [4.78, 5) is 48.7. The van der Waals surface area contributed by atoms with Crippen LogP contribution >= 0.6 is 0 Å². The Kier molecular flexibility index (Phi) is 7.26. The molecule has 13 heteroatoms. The van der Waals surface area contributed by atoms with Crippen LogP contribution < -0.4 is 4.90 Å². The summed E-state index contributed by atoms with van der Waals surface area (Å²) in [6, 6.07) is 2.72. The highest BCUT2D eigenvalue weighted by Crippen LogP contribution is 2.33. The number of fused-ring (bicyclic) bond motifs is 2. The van der Waals surface area contributed by atoms with Gasteiger partial charge in [0.25, 0.3) is 0 Å². The van der Waals surface area contributed by atoms with Crippen LogP contribution in [0.3, 0.4) is 0 Å². The Balaban J connectivity index is 1.98. The van der Waals surface area contributed by atoms with Gasteiger partial charge in [0.1, 0.15) is 34.0 Å². The van der Waals surface area contributed by atoms with E-state index in [9.17, 15) is 18.8 Å². The summed E-state index contributed by atoms with van der Waals surface area (Å²) >= 11 is 0. The number of rotatable bonds is 4. The van der Waals surface area contributed by atoms with E-state index in [1.807, 2.05) is 0 Å². The molecule has 212 valence electrons. The number of nitrogens with zero attached hydrogens (tertiary/aromatic N) is 6. The second-order valence-corrected chi connectivity index (χ2v) is 11.0. The van der Waals surface area contributed by atoms with Gasteiger partial charge < -0.3 is 14.2 Å². The highest BCUT2D eigenvalue weighted by Gasteiger charge is 2.28. The molecule has 0 unspecified atom stereocenters. The minimum Gasteiger partial charge on any atom is -0.462 e. The van der Waals surface area contributed by atoms with Crippen LogP contribution in [0.25, 0.3) is 27.9 Å². The first-order valence-corrected chi connectivity index (χ1v) is 12.5. The zero-order valence-corrected chi connectivity index (χ0v) is 23.6. The molecule has 1 amide bonds. The number of ether oxygens (including phenoxy) is 3.